The maximum atomic E-state index is 4.12. The topological polar surface area (TPSA) is 24.4 Å². The SMILES string of the molecule is C=CCC1N=CCN1. The molecular weight excluding hydrogens is 100 g/mol. The van der Waals surface area contributed by atoms with Gasteiger partial charge in [0.2, 0.25) is 0 Å². The maximum Gasteiger partial charge on any atom is 0.103 e. The first-order valence-corrected chi connectivity index (χ1v) is 2.79. The van der Waals surface area contributed by atoms with Gasteiger partial charge in [-0.3, -0.25) is 10.3 Å². The maximum absolute atomic E-state index is 4.12. The highest BCUT2D eigenvalue weighted by Gasteiger charge is 2.04. The standard InChI is InChI=1S/C6H10N2/c1-2-3-6-7-4-5-8-6/h2,4,6,8H,1,3,5H2. The summed E-state index contributed by atoms with van der Waals surface area (Å²) in [4.78, 5) is 4.12. The Morgan fingerprint density at radius 3 is 3.38 bits per heavy atom. The molecule has 0 amide bonds. The normalized spacial score (nSPS) is 26.2. The van der Waals surface area contributed by atoms with E-state index in [0.29, 0.717) is 6.17 Å². The van der Waals surface area contributed by atoms with Gasteiger partial charge in [0, 0.05) is 19.2 Å². The minimum absolute atomic E-state index is 0.312. The number of rotatable bonds is 2. The van der Waals surface area contributed by atoms with Gasteiger partial charge in [-0.05, 0) is 0 Å². The van der Waals surface area contributed by atoms with E-state index in [1.807, 2.05) is 12.3 Å². The first-order valence-electron chi connectivity index (χ1n) is 2.79. The van der Waals surface area contributed by atoms with Gasteiger partial charge < -0.3 is 0 Å². The lowest BCUT2D eigenvalue weighted by atomic mass is 10.3. The Balaban J connectivity index is 2.25. The van der Waals surface area contributed by atoms with E-state index in [0.717, 1.165) is 13.0 Å². The molecule has 1 aliphatic rings. The molecule has 0 aromatic carbocycles. The molecule has 0 aromatic heterocycles. The van der Waals surface area contributed by atoms with Crippen LogP contribution in [0, 0.1) is 0 Å². The molecule has 2 nitrogen and oxygen atoms in total. The molecule has 0 saturated heterocycles. The summed E-state index contributed by atoms with van der Waals surface area (Å²) in [5.74, 6) is 0. The molecule has 0 bridgehead atoms. The summed E-state index contributed by atoms with van der Waals surface area (Å²) in [6, 6.07) is 0. The number of aliphatic imine (C=N–C) groups is 1. The van der Waals surface area contributed by atoms with Crippen LogP contribution in [0.25, 0.3) is 0 Å². The highest BCUT2D eigenvalue weighted by molar-refractivity contribution is 5.61. The van der Waals surface area contributed by atoms with Gasteiger partial charge in [0.15, 0.2) is 0 Å². The number of hydrogen-bond acceptors (Lipinski definition) is 2. The summed E-state index contributed by atoms with van der Waals surface area (Å²) in [6.07, 6.45) is 5.03. The minimum atomic E-state index is 0.312. The quantitative estimate of drug-likeness (QED) is 0.516. The molecule has 0 spiro atoms. The molecule has 0 radical (unpaired) electrons. The largest absolute Gasteiger partial charge is 0.290 e. The van der Waals surface area contributed by atoms with Crippen LogP contribution in [0.3, 0.4) is 0 Å². The van der Waals surface area contributed by atoms with Crippen molar-refractivity contribution >= 4 is 6.21 Å². The average Bonchev–Trinajstić information content (AvgIpc) is 2.19. The van der Waals surface area contributed by atoms with Crippen LogP contribution in [0.2, 0.25) is 0 Å². The van der Waals surface area contributed by atoms with E-state index < -0.39 is 0 Å². The van der Waals surface area contributed by atoms with Crippen molar-refractivity contribution in [2.24, 2.45) is 4.99 Å². The summed E-state index contributed by atoms with van der Waals surface area (Å²) in [7, 11) is 0. The van der Waals surface area contributed by atoms with Gasteiger partial charge in [-0.15, -0.1) is 6.58 Å². The van der Waals surface area contributed by atoms with Crippen LogP contribution >= 0.6 is 0 Å². The van der Waals surface area contributed by atoms with E-state index in [9.17, 15) is 0 Å². The van der Waals surface area contributed by atoms with E-state index in [1.54, 1.807) is 0 Å². The average molecular weight is 110 g/mol. The summed E-state index contributed by atoms with van der Waals surface area (Å²) in [5.41, 5.74) is 0. The molecule has 1 unspecified atom stereocenters. The molecule has 1 atom stereocenters. The number of hydrogen-bond donors (Lipinski definition) is 1. The molecule has 0 aromatic rings. The van der Waals surface area contributed by atoms with Crippen molar-refractivity contribution < 1.29 is 0 Å². The number of nitrogens with zero attached hydrogens (tertiary/aromatic N) is 1. The Kier molecular flexibility index (Phi) is 1.80. The van der Waals surface area contributed by atoms with Crippen molar-refractivity contribution in [2.45, 2.75) is 12.6 Å². The van der Waals surface area contributed by atoms with Crippen molar-refractivity contribution in [3.63, 3.8) is 0 Å². The predicted octanol–water partition coefficient (Wildman–Crippen LogP) is 0.563. The minimum Gasteiger partial charge on any atom is -0.290 e. The van der Waals surface area contributed by atoms with E-state index in [-0.39, 0.29) is 0 Å². The molecule has 44 valence electrons. The summed E-state index contributed by atoms with van der Waals surface area (Å²) in [6.45, 7) is 4.53. The highest BCUT2D eigenvalue weighted by atomic mass is 15.1. The zero-order valence-corrected chi connectivity index (χ0v) is 4.80. The third-order valence-corrected chi connectivity index (χ3v) is 1.12. The van der Waals surface area contributed by atoms with Crippen LogP contribution in [0.15, 0.2) is 17.6 Å². The summed E-state index contributed by atoms with van der Waals surface area (Å²) >= 11 is 0. The summed E-state index contributed by atoms with van der Waals surface area (Å²) in [5, 5.41) is 3.16. The smallest absolute Gasteiger partial charge is 0.103 e. The molecule has 0 fully saturated rings. The van der Waals surface area contributed by atoms with Crippen LogP contribution in [0.4, 0.5) is 0 Å². The zero-order valence-electron chi connectivity index (χ0n) is 4.80. The Hall–Kier alpha value is -0.630. The highest BCUT2D eigenvalue weighted by Crippen LogP contribution is 1.96. The predicted molar refractivity (Wildman–Crippen MR) is 35.1 cm³/mol. The second-order valence-corrected chi connectivity index (χ2v) is 1.78. The van der Waals surface area contributed by atoms with Gasteiger partial charge in [0.05, 0.1) is 0 Å². The van der Waals surface area contributed by atoms with Crippen LogP contribution in [0.1, 0.15) is 6.42 Å². The third-order valence-electron chi connectivity index (χ3n) is 1.12. The van der Waals surface area contributed by atoms with Crippen molar-refractivity contribution in [1.82, 2.24) is 5.32 Å². The van der Waals surface area contributed by atoms with Crippen molar-refractivity contribution in [3.8, 4) is 0 Å². The van der Waals surface area contributed by atoms with Gasteiger partial charge in [-0.2, -0.15) is 0 Å². The van der Waals surface area contributed by atoms with Crippen molar-refractivity contribution in [3.05, 3.63) is 12.7 Å². The second-order valence-electron chi connectivity index (χ2n) is 1.78. The molecule has 0 aliphatic carbocycles. The molecule has 1 heterocycles. The van der Waals surface area contributed by atoms with Crippen LogP contribution in [-0.2, 0) is 0 Å². The van der Waals surface area contributed by atoms with Gasteiger partial charge in [0.1, 0.15) is 6.17 Å². The van der Waals surface area contributed by atoms with Crippen molar-refractivity contribution in [2.75, 3.05) is 6.54 Å². The second kappa shape index (κ2) is 2.62. The molecule has 1 N–H and O–H groups in total. The molecule has 0 saturated carbocycles. The first kappa shape index (κ1) is 5.51. The van der Waals surface area contributed by atoms with Crippen LogP contribution in [-0.4, -0.2) is 18.9 Å². The van der Waals surface area contributed by atoms with E-state index in [2.05, 4.69) is 16.9 Å². The van der Waals surface area contributed by atoms with Gasteiger partial charge in [0.25, 0.3) is 0 Å². The van der Waals surface area contributed by atoms with Gasteiger partial charge in [-0.25, -0.2) is 0 Å². The Bertz CT molecular complexity index is 107. The zero-order chi connectivity index (χ0) is 5.82. The van der Waals surface area contributed by atoms with Gasteiger partial charge >= 0.3 is 0 Å². The fourth-order valence-electron chi connectivity index (χ4n) is 0.723. The molecule has 1 aliphatic heterocycles. The Labute approximate surface area is 49.3 Å². The Morgan fingerprint density at radius 2 is 2.88 bits per heavy atom. The summed E-state index contributed by atoms with van der Waals surface area (Å²) < 4.78 is 0. The Morgan fingerprint density at radius 1 is 2.00 bits per heavy atom. The van der Waals surface area contributed by atoms with Gasteiger partial charge in [-0.1, -0.05) is 6.08 Å². The first-order chi connectivity index (χ1) is 3.93. The molecule has 2 heteroatoms. The lowest BCUT2D eigenvalue weighted by molar-refractivity contribution is 0.612. The lowest BCUT2D eigenvalue weighted by Gasteiger charge is -2.00. The molecule has 8 heavy (non-hydrogen) atoms. The van der Waals surface area contributed by atoms with Crippen LogP contribution in [0.5, 0.6) is 0 Å². The van der Waals surface area contributed by atoms with E-state index >= 15 is 0 Å². The number of nitrogens with one attached hydrogen (secondary N) is 1. The van der Waals surface area contributed by atoms with E-state index in [1.165, 1.54) is 0 Å². The fourth-order valence-corrected chi connectivity index (χ4v) is 0.723. The monoisotopic (exact) mass is 110 g/mol. The fraction of sp³-hybridized carbons (Fsp3) is 0.500. The molecular formula is C6H10N2. The van der Waals surface area contributed by atoms with E-state index in [4.69, 9.17) is 0 Å². The molecule has 1 rings (SSSR count). The lowest BCUT2D eigenvalue weighted by Crippen LogP contribution is -2.20. The third kappa shape index (κ3) is 1.17. The van der Waals surface area contributed by atoms with Crippen LogP contribution < -0.4 is 5.32 Å². The van der Waals surface area contributed by atoms with Crippen molar-refractivity contribution in [1.29, 1.82) is 0 Å².